The second kappa shape index (κ2) is 3.67. The number of nitrogens with zero attached hydrogens (tertiary/aromatic N) is 1. The fraction of sp³-hybridized carbons (Fsp3) is 0.333. The molecule has 0 aliphatic heterocycles. The molecular formula is C6H7NO2. The van der Waals surface area contributed by atoms with Crippen molar-refractivity contribution in [3.05, 3.63) is 11.6 Å². The van der Waals surface area contributed by atoms with Crippen LogP contribution in [0, 0.1) is 11.3 Å². The number of hydrogen-bond donors (Lipinski definition) is 1. The van der Waals surface area contributed by atoms with Gasteiger partial charge in [0.15, 0.2) is 0 Å². The van der Waals surface area contributed by atoms with E-state index >= 15 is 0 Å². The van der Waals surface area contributed by atoms with Gasteiger partial charge in [-0.1, -0.05) is 6.08 Å². The maximum Gasteiger partial charge on any atom is 0.332 e. The van der Waals surface area contributed by atoms with Crippen LogP contribution < -0.4 is 0 Å². The lowest BCUT2D eigenvalue weighted by Gasteiger charge is -1.89. The third-order valence-electron chi connectivity index (χ3n) is 0.893. The lowest BCUT2D eigenvalue weighted by atomic mass is 10.2. The topological polar surface area (TPSA) is 61.1 Å². The number of carboxylic acid groups (broad SMARTS) is 1. The first-order valence-electron chi connectivity index (χ1n) is 2.47. The van der Waals surface area contributed by atoms with Crippen LogP contribution in [0.25, 0.3) is 0 Å². The number of allylic oxidation sites excluding steroid dienone is 1. The smallest absolute Gasteiger partial charge is 0.332 e. The Kier molecular flexibility index (Phi) is 3.14. The van der Waals surface area contributed by atoms with Gasteiger partial charge in [-0.2, -0.15) is 5.26 Å². The predicted molar refractivity (Wildman–Crippen MR) is 31.6 cm³/mol. The Labute approximate surface area is 53.2 Å². The highest BCUT2D eigenvalue weighted by Crippen LogP contribution is 1.98. The summed E-state index contributed by atoms with van der Waals surface area (Å²) in [6, 6.07) is 1.75. The molecule has 9 heavy (non-hydrogen) atoms. The maximum absolute atomic E-state index is 10.1. The minimum absolute atomic E-state index is 0.0220. The van der Waals surface area contributed by atoms with Crippen molar-refractivity contribution in [2.75, 3.05) is 0 Å². The first-order chi connectivity index (χ1) is 4.22. The lowest BCUT2D eigenvalue weighted by molar-refractivity contribution is -0.132. The van der Waals surface area contributed by atoms with Gasteiger partial charge in [0, 0.05) is 5.57 Å². The molecule has 3 nitrogen and oxygen atoms in total. The van der Waals surface area contributed by atoms with Crippen molar-refractivity contribution >= 4 is 5.97 Å². The summed E-state index contributed by atoms with van der Waals surface area (Å²) in [5, 5.41) is 16.3. The molecule has 0 heterocycles. The largest absolute Gasteiger partial charge is 0.478 e. The highest BCUT2D eigenvalue weighted by molar-refractivity contribution is 5.86. The van der Waals surface area contributed by atoms with E-state index in [1.54, 1.807) is 13.0 Å². The minimum atomic E-state index is -1.01. The van der Waals surface area contributed by atoms with Crippen molar-refractivity contribution < 1.29 is 9.90 Å². The second-order valence-corrected chi connectivity index (χ2v) is 1.45. The van der Waals surface area contributed by atoms with Crippen molar-refractivity contribution in [2.45, 2.75) is 13.3 Å². The average molecular weight is 125 g/mol. The highest BCUT2D eigenvalue weighted by Gasteiger charge is 2.02. The van der Waals surface area contributed by atoms with Crippen LogP contribution in [0.3, 0.4) is 0 Å². The average Bonchev–Trinajstić information content (AvgIpc) is 1.82. The Bertz CT molecular complexity index is 176. The fourth-order valence-electron chi connectivity index (χ4n) is 0.386. The molecule has 0 aliphatic carbocycles. The van der Waals surface area contributed by atoms with Gasteiger partial charge in [-0.3, -0.25) is 0 Å². The summed E-state index contributed by atoms with van der Waals surface area (Å²) in [6.07, 6.45) is 1.40. The molecule has 0 rings (SSSR count). The Morgan fingerprint density at radius 1 is 1.89 bits per heavy atom. The number of hydrogen-bond acceptors (Lipinski definition) is 2. The molecule has 0 aromatic heterocycles. The molecule has 0 bridgehead atoms. The van der Waals surface area contributed by atoms with Gasteiger partial charge < -0.3 is 5.11 Å². The fourth-order valence-corrected chi connectivity index (χ4v) is 0.386. The van der Waals surface area contributed by atoms with Gasteiger partial charge in [0.2, 0.25) is 0 Å². The van der Waals surface area contributed by atoms with Gasteiger partial charge in [0.25, 0.3) is 0 Å². The molecule has 0 aliphatic rings. The quantitative estimate of drug-likeness (QED) is 0.558. The molecule has 0 unspecified atom stereocenters. The number of carboxylic acids is 1. The molecule has 0 atom stereocenters. The summed E-state index contributed by atoms with van der Waals surface area (Å²) in [7, 11) is 0. The third-order valence-corrected chi connectivity index (χ3v) is 0.893. The number of aliphatic carboxylic acids is 1. The first-order valence-corrected chi connectivity index (χ1v) is 2.47. The van der Waals surface area contributed by atoms with E-state index in [-0.39, 0.29) is 12.0 Å². The normalized spacial score (nSPS) is 10.4. The highest BCUT2D eigenvalue weighted by atomic mass is 16.4. The van der Waals surface area contributed by atoms with Crippen molar-refractivity contribution in [1.82, 2.24) is 0 Å². The third kappa shape index (κ3) is 2.50. The van der Waals surface area contributed by atoms with E-state index in [2.05, 4.69) is 0 Å². The van der Waals surface area contributed by atoms with Crippen LogP contribution in [-0.4, -0.2) is 11.1 Å². The molecule has 0 amide bonds. The molecule has 3 heteroatoms. The van der Waals surface area contributed by atoms with Crippen LogP contribution in [-0.2, 0) is 4.79 Å². The number of rotatable bonds is 2. The van der Waals surface area contributed by atoms with E-state index in [4.69, 9.17) is 10.4 Å². The maximum atomic E-state index is 10.1. The number of carbonyl (C=O) groups is 1. The lowest BCUT2D eigenvalue weighted by Crippen LogP contribution is -1.98. The molecule has 1 N–H and O–H groups in total. The van der Waals surface area contributed by atoms with Crippen LogP contribution in [0.5, 0.6) is 0 Å². The van der Waals surface area contributed by atoms with Crippen LogP contribution >= 0.6 is 0 Å². The van der Waals surface area contributed by atoms with Crippen LogP contribution in [0.2, 0.25) is 0 Å². The zero-order valence-electron chi connectivity index (χ0n) is 5.09. The van der Waals surface area contributed by atoms with Crippen LogP contribution in [0.1, 0.15) is 13.3 Å². The molecule has 0 fully saturated rings. The van der Waals surface area contributed by atoms with E-state index in [1.165, 1.54) is 6.08 Å². The summed E-state index contributed by atoms with van der Waals surface area (Å²) in [5.74, 6) is -1.01. The first kappa shape index (κ1) is 7.70. The standard InChI is InChI=1S/C6H7NO2/c1-2-5(3-4-7)6(8)9/h2H,3H2,1H3,(H,8,9). The van der Waals surface area contributed by atoms with Crippen molar-refractivity contribution in [3.63, 3.8) is 0 Å². The van der Waals surface area contributed by atoms with E-state index in [0.717, 1.165) is 0 Å². The zero-order chi connectivity index (χ0) is 7.28. The summed E-state index contributed by atoms with van der Waals surface area (Å²) < 4.78 is 0. The molecule has 0 aromatic rings. The van der Waals surface area contributed by atoms with Crippen molar-refractivity contribution in [3.8, 4) is 6.07 Å². The number of nitriles is 1. The molecule has 48 valence electrons. The summed E-state index contributed by atoms with van der Waals surface area (Å²) >= 11 is 0. The molecule has 0 saturated heterocycles. The molecule has 0 spiro atoms. The van der Waals surface area contributed by atoms with Gasteiger partial charge >= 0.3 is 5.97 Å². The summed E-state index contributed by atoms with van der Waals surface area (Å²) in [6.45, 7) is 1.60. The summed E-state index contributed by atoms with van der Waals surface area (Å²) in [5.41, 5.74) is 0.150. The molecular weight excluding hydrogens is 118 g/mol. The summed E-state index contributed by atoms with van der Waals surface area (Å²) in [4.78, 5) is 10.1. The predicted octanol–water partition coefficient (Wildman–Crippen LogP) is 0.931. The second-order valence-electron chi connectivity index (χ2n) is 1.45. The van der Waals surface area contributed by atoms with Gasteiger partial charge in [-0.15, -0.1) is 0 Å². The SMILES string of the molecule is CC=C(CC#N)C(=O)O. The van der Waals surface area contributed by atoms with Gasteiger partial charge in [-0.25, -0.2) is 4.79 Å². The van der Waals surface area contributed by atoms with Gasteiger partial charge in [-0.05, 0) is 6.92 Å². The van der Waals surface area contributed by atoms with E-state index in [1.807, 2.05) is 0 Å². The minimum Gasteiger partial charge on any atom is -0.478 e. The Morgan fingerprint density at radius 3 is 2.56 bits per heavy atom. The Morgan fingerprint density at radius 2 is 2.44 bits per heavy atom. The van der Waals surface area contributed by atoms with Gasteiger partial charge in [0.1, 0.15) is 0 Å². The van der Waals surface area contributed by atoms with Crippen LogP contribution in [0.15, 0.2) is 11.6 Å². The monoisotopic (exact) mass is 125 g/mol. The van der Waals surface area contributed by atoms with Crippen LogP contribution in [0.4, 0.5) is 0 Å². The Balaban J connectivity index is 4.06. The molecule has 0 saturated carbocycles. The van der Waals surface area contributed by atoms with Crippen molar-refractivity contribution in [1.29, 1.82) is 5.26 Å². The van der Waals surface area contributed by atoms with Gasteiger partial charge in [0.05, 0.1) is 12.5 Å². The molecule has 0 aromatic carbocycles. The zero-order valence-corrected chi connectivity index (χ0v) is 5.09. The van der Waals surface area contributed by atoms with E-state index < -0.39 is 5.97 Å². The Hall–Kier alpha value is -1.30. The molecule has 0 radical (unpaired) electrons. The van der Waals surface area contributed by atoms with E-state index in [9.17, 15) is 4.79 Å². The van der Waals surface area contributed by atoms with E-state index in [0.29, 0.717) is 0 Å². The van der Waals surface area contributed by atoms with Crippen molar-refractivity contribution in [2.24, 2.45) is 0 Å².